The fourth-order valence-corrected chi connectivity index (χ4v) is 1.82. The van der Waals surface area contributed by atoms with E-state index in [9.17, 15) is 18.7 Å². The molecule has 4 nitrogen and oxygen atoms in total. The highest BCUT2D eigenvalue weighted by Gasteiger charge is 2.19. The van der Waals surface area contributed by atoms with Crippen LogP contribution in [0.25, 0.3) is 0 Å². The molecular weight excluding hydrogens is 347 g/mol. The molecule has 0 aliphatic heterocycles. The molecule has 0 fully saturated rings. The fraction of sp³-hybridized carbons (Fsp3) is 0.400. The molecule has 0 unspecified atom stereocenters. The summed E-state index contributed by atoms with van der Waals surface area (Å²) in [5, 5.41) is 9.36. The molecule has 0 spiro atoms. The molecule has 0 aliphatic rings. The van der Waals surface area contributed by atoms with Crippen LogP contribution in [0.5, 0.6) is 5.75 Å². The topological polar surface area (TPSA) is 59.4 Å². The highest BCUT2D eigenvalue weighted by molar-refractivity contribution is 14.1. The lowest BCUT2D eigenvalue weighted by molar-refractivity contribution is -0.142. The summed E-state index contributed by atoms with van der Waals surface area (Å²) in [6.07, 6.45) is -3.07. The maximum atomic E-state index is 12.5. The van der Waals surface area contributed by atoms with Crippen LogP contribution in [0.3, 0.4) is 0 Å². The Morgan fingerprint density at radius 1 is 1.65 bits per heavy atom. The number of hydrogen-bond donors (Lipinski definition) is 1. The third-order valence-corrected chi connectivity index (χ3v) is 2.69. The summed E-state index contributed by atoms with van der Waals surface area (Å²) in [6, 6.07) is 1.37. The van der Waals surface area contributed by atoms with Crippen LogP contribution in [0.15, 0.2) is 6.07 Å². The van der Waals surface area contributed by atoms with Gasteiger partial charge in [-0.05, 0) is 35.6 Å². The van der Waals surface area contributed by atoms with Gasteiger partial charge in [0.1, 0.15) is 5.69 Å². The second kappa shape index (κ2) is 6.08. The van der Waals surface area contributed by atoms with E-state index in [2.05, 4.69) is 9.72 Å². The SMILES string of the molecule is CCOC(=O)Cc1cc(I)c(O)c(C(F)F)n1. The van der Waals surface area contributed by atoms with Crippen LogP contribution in [-0.4, -0.2) is 22.7 Å². The third kappa shape index (κ3) is 3.76. The molecule has 0 aliphatic carbocycles. The standard InChI is InChI=1S/C10H10F2INO3/c1-2-17-7(15)4-5-3-6(13)9(16)8(14-5)10(11)12/h3,10,16H,2,4H2,1H3. The number of hydrogen-bond acceptors (Lipinski definition) is 4. The second-order valence-electron chi connectivity index (χ2n) is 3.11. The van der Waals surface area contributed by atoms with E-state index in [1.54, 1.807) is 29.5 Å². The van der Waals surface area contributed by atoms with Crippen molar-refractivity contribution < 1.29 is 23.4 Å². The number of aromatic hydroxyl groups is 1. The smallest absolute Gasteiger partial charge is 0.311 e. The van der Waals surface area contributed by atoms with Crippen LogP contribution < -0.4 is 0 Å². The van der Waals surface area contributed by atoms with Crippen LogP contribution in [0.1, 0.15) is 24.7 Å². The summed E-state index contributed by atoms with van der Waals surface area (Å²) < 4.78 is 30.0. The number of pyridine rings is 1. The molecular formula is C10H10F2INO3. The van der Waals surface area contributed by atoms with Crippen LogP contribution in [0.2, 0.25) is 0 Å². The number of ether oxygens (including phenoxy) is 1. The fourth-order valence-electron chi connectivity index (χ4n) is 1.18. The van der Waals surface area contributed by atoms with Gasteiger partial charge in [0.05, 0.1) is 22.3 Å². The molecule has 0 saturated heterocycles. The van der Waals surface area contributed by atoms with E-state index < -0.39 is 23.8 Å². The Hall–Kier alpha value is -0.990. The summed E-state index contributed by atoms with van der Waals surface area (Å²) in [5.41, 5.74) is -0.558. The van der Waals surface area contributed by atoms with Gasteiger partial charge in [0.25, 0.3) is 6.43 Å². The molecule has 1 aromatic rings. The minimum absolute atomic E-state index is 0.154. The molecule has 1 N–H and O–H groups in total. The van der Waals surface area contributed by atoms with Gasteiger partial charge >= 0.3 is 5.97 Å². The van der Waals surface area contributed by atoms with E-state index in [0.29, 0.717) is 0 Å². The molecule has 1 heterocycles. The Bertz CT molecular complexity index is 426. The van der Waals surface area contributed by atoms with E-state index in [1.165, 1.54) is 6.07 Å². The predicted molar refractivity (Wildman–Crippen MR) is 63.9 cm³/mol. The van der Waals surface area contributed by atoms with Gasteiger partial charge in [-0.25, -0.2) is 13.8 Å². The Morgan fingerprint density at radius 3 is 2.82 bits per heavy atom. The molecule has 0 amide bonds. The Morgan fingerprint density at radius 2 is 2.29 bits per heavy atom. The normalized spacial score (nSPS) is 10.6. The number of nitrogens with zero attached hydrogens (tertiary/aromatic N) is 1. The first-order valence-electron chi connectivity index (χ1n) is 4.77. The molecule has 0 saturated carbocycles. The van der Waals surface area contributed by atoms with Crippen molar-refractivity contribution in [2.45, 2.75) is 19.8 Å². The van der Waals surface area contributed by atoms with Gasteiger partial charge in [-0.1, -0.05) is 0 Å². The second-order valence-corrected chi connectivity index (χ2v) is 4.27. The van der Waals surface area contributed by atoms with Crippen molar-refractivity contribution in [3.8, 4) is 5.75 Å². The minimum atomic E-state index is -2.88. The number of alkyl halides is 2. The zero-order chi connectivity index (χ0) is 13.0. The molecule has 0 radical (unpaired) electrons. The van der Waals surface area contributed by atoms with Crippen molar-refractivity contribution in [2.24, 2.45) is 0 Å². The molecule has 0 atom stereocenters. The number of rotatable bonds is 4. The Kier molecular flexibility index (Phi) is 5.03. The van der Waals surface area contributed by atoms with E-state index in [4.69, 9.17) is 0 Å². The van der Waals surface area contributed by atoms with Gasteiger partial charge < -0.3 is 9.84 Å². The van der Waals surface area contributed by atoms with E-state index in [1.807, 2.05) is 0 Å². The average Bonchev–Trinajstić information content (AvgIpc) is 2.23. The molecule has 0 bridgehead atoms. The lowest BCUT2D eigenvalue weighted by Crippen LogP contribution is -2.10. The Balaban J connectivity index is 2.98. The van der Waals surface area contributed by atoms with Crippen LogP contribution in [-0.2, 0) is 16.0 Å². The van der Waals surface area contributed by atoms with Crippen molar-refractivity contribution in [1.29, 1.82) is 0 Å². The van der Waals surface area contributed by atoms with Crippen molar-refractivity contribution in [1.82, 2.24) is 4.98 Å². The third-order valence-electron chi connectivity index (χ3n) is 1.86. The highest BCUT2D eigenvalue weighted by atomic mass is 127. The quantitative estimate of drug-likeness (QED) is 0.664. The lowest BCUT2D eigenvalue weighted by Gasteiger charge is -2.08. The first kappa shape index (κ1) is 14.1. The molecule has 94 valence electrons. The van der Waals surface area contributed by atoms with E-state index in [-0.39, 0.29) is 22.3 Å². The lowest BCUT2D eigenvalue weighted by atomic mass is 10.2. The molecule has 7 heteroatoms. The van der Waals surface area contributed by atoms with Crippen molar-refractivity contribution in [3.63, 3.8) is 0 Å². The predicted octanol–water partition coefficient (Wildman–Crippen LogP) is 2.44. The monoisotopic (exact) mass is 357 g/mol. The van der Waals surface area contributed by atoms with Crippen molar-refractivity contribution in [2.75, 3.05) is 6.61 Å². The number of carbonyl (C=O) groups is 1. The van der Waals surface area contributed by atoms with Gasteiger partial charge in [-0.15, -0.1) is 0 Å². The Labute approximate surface area is 110 Å². The van der Waals surface area contributed by atoms with Gasteiger partial charge in [0.2, 0.25) is 0 Å². The van der Waals surface area contributed by atoms with Crippen molar-refractivity contribution in [3.05, 3.63) is 21.0 Å². The average molecular weight is 357 g/mol. The van der Waals surface area contributed by atoms with E-state index in [0.717, 1.165) is 0 Å². The zero-order valence-corrected chi connectivity index (χ0v) is 11.1. The van der Waals surface area contributed by atoms with Gasteiger partial charge in [-0.3, -0.25) is 4.79 Å². The van der Waals surface area contributed by atoms with E-state index >= 15 is 0 Å². The maximum Gasteiger partial charge on any atom is 0.311 e. The van der Waals surface area contributed by atoms with Crippen LogP contribution >= 0.6 is 22.6 Å². The summed E-state index contributed by atoms with van der Waals surface area (Å²) in [4.78, 5) is 14.7. The molecule has 0 aromatic carbocycles. The van der Waals surface area contributed by atoms with Crippen molar-refractivity contribution >= 4 is 28.6 Å². The zero-order valence-electron chi connectivity index (χ0n) is 8.91. The molecule has 1 aromatic heterocycles. The van der Waals surface area contributed by atoms with Crippen LogP contribution in [0, 0.1) is 3.57 Å². The summed E-state index contributed by atoms with van der Waals surface area (Å²) >= 11 is 1.70. The number of esters is 1. The number of aromatic nitrogens is 1. The maximum absolute atomic E-state index is 12.5. The van der Waals surface area contributed by atoms with Crippen LogP contribution in [0.4, 0.5) is 8.78 Å². The van der Waals surface area contributed by atoms with Gasteiger partial charge in [-0.2, -0.15) is 0 Å². The highest BCUT2D eigenvalue weighted by Crippen LogP contribution is 2.31. The minimum Gasteiger partial charge on any atom is -0.505 e. The number of halogens is 3. The summed E-state index contributed by atoms with van der Waals surface area (Å²) in [6.45, 7) is 1.87. The molecule has 1 rings (SSSR count). The first-order chi connectivity index (χ1) is 7.95. The summed E-state index contributed by atoms with van der Waals surface area (Å²) in [7, 11) is 0. The largest absolute Gasteiger partial charge is 0.505 e. The summed E-state index contributed by atoms with van der Waals surface area (Å²) in [5.74, 6) is -1.09. The van der Waals surface area contributed by atoms with Gasteiger partial charge in [0.15, 0.2) is 5.75 Å². The van der Waals surface area contributed by atoms with Gasteiger partial charge in [0, 0.05) is 0 Å². The first-order valence-corrected chi connectivity index (χ1v) is 5.85. The number of carbonyl (C=O) groups excluding carboxylic acids is 1. The molecule has 17 heavy (non-hydrogen) atoms.